The van der Waals surface area contributed by atoms with Crippen molar-refractivity contribution in [1.82, 2.24) is 9.88 Å². The van der Waals surface area contributed by atoms with Crippen LogP contribution in [0.2, 0.25) is 0 Å². The van der Waals surface area contributed by atoms with Gasteiger partial charge in [0.25, 0.3) is 0 Å². The molecule has 0 spiro atoms. The number of carbonyl (C=O) groups is 1. The van der Waals surface area contributed by atoms with Crippen LogP contribution in [-0.2, 0) is 11.3 Å². The highest BCUT2D eigenvalue weighted by atomic mass is 32.1. The van der Waals surface area contributed by atoms with Gasteiger partial charge in [-0.2, -0.15) is 0 Å². The van der Waals surface area contributed by atoms with E-state index in [4.69, 9.17) is 0 Å². The van der Waals surface area contributed by atoms with Gasteiger partial charge in [-0.05, 0) is 6.42 Å². The molecule has 0 fully saturated rings. The first-order chi connectivity index (χ1) is 6.24. The SMILES string of the molecule is CCCC(=O)N(C)Cc1cscn1. The van der Waals surface area contributed by atoms with E-state index in [1.54, 1.807) is 21.7 Å². The van der Waals surface area contributed by atoms with Gasteiger partial charge in [-0.3, -0.25) is 4.79 Å². The van der Waals surface area contributed by atoms with Gasteiger partial charge in [0.15, 0.2) is 0 Å². The van der Waals surface area contributed by atoms with Gasteiger partial charge in [0, 0.05) is 18.8 Å². The molecule has 0 aromatic carbocycles. The van der Waals surface area contributed by atoms with Gasteiger partial charge in [0.05, 0.1) is 17.7 Å². The number of hydrogen-bond donors (Lipinski definition) is 0. The molecule has 0 aliphatic carbocycles. The van der Waals surface area contributed by atoms with Crippen molar-refractivity contribution >= 4 is 17.2 Å². The first-order valence-electron chi connectivity index (χ1n) is 4.35. The van der Waals surface area contributed by atoms with Crippen LogP contribution in [0.25, 0.3) is 0 Å². The minimum absolute atomic E-state index is 0.190. The number of nitrogens with zero attached hydrogens (tertiary/aromatic N) is 2. The average molecular weight is 198 g/mol. The Morgan fingerprint density at radius 1 is 1.69 bits per heavy atom. The van der Waals surface area contributed by atoms with Crippen molar-refractivity contribution in [2.45, 2.75) is 26.3 Å². The molecule has 0 aliphatic rings. The molecule has 0 atom stereocenters. The van der Waals surface area contributed by atoms with E-state index in [0.717, 1.165) is 12.1 Å². The van der Waals surface area contributed by atoms with E-state index in [0.29, 0.717) is 13.0 Å². The number of rotatable bonds is 4. The van der Waals surface area contributed by atoms with Gasteiger partial charge in [-0.15, -0.1) is 11.3 Å². The van der Waals surface area contributed by atoms with E-state index in [9.17, 15) is 4.79 Å². The fraction of sp³-hybridized carbons (Fsp3) is 0.556. The van der Waals surface area contributed by atoms with Crippen LogP contribution < -0.4 is 0 Å². The van der Waals surface area contributed by atoms with Gasteiger partial charge in [-0.25, -0.2) is 4.98 Å². The molecule has 0 N–H and O–H groups in total. The van der Waals surface area contributed by atoms with Gasteiger partial charge in [-0.1, -0.05) is 6.92 Å². The summed E-state index contributed by atoms with van der Waals surface area (Å²) in [5.41, 5.74) is 2.75. The molecule has 0 aliphatic heterocycles. The third-order valence-electron chi connectivity index (χ3n) is 1.77. The second-order valence-corrected chi connectivity index (χ2v) is 3.70. The maximum atomic E-state index is 11.4. The highest BCUT2D eigenvalue weighted by Gasteiger charge is 2.08. The molecule has 1 aromatic heterocycles. The molecule has 0 unspecified atom stereocenters. The van der Waals surface area contributed by atoms with Crippen LogP contribution in [0.5, 0.6) is 0 Å². The lowest BCUT2D eigenvalue weighted by molar-refractivity contribution is -0.130. The third-order valence-corrected chi connectivity index (χ3v) is 2.41. The van der Waals surface area contributed by atoms with Crippen LogP contribution in [-0.4, -0.2) is 22.8 Å². The van der Waals surface area contributed by atoms with Crippen molar-refractivity contribution in [1.29, 1.82) is 0 Å². The molecule has 1 aromatic rings. The zero-order valence-corrected chi connectivity index (χ0v) is 8.80. The van der Waals surface area contributed by atoms with Gasteiger partial charge in [0.1, 0.15) is 0 Å². The molecular formula is C9H14N2OS. The molecule has 0 saturated carbocycles. The summed E-state index contributed by atoms with van der Waals surface area (Å²) in [6.07, 6.45) is 1.53. The van der Waals surface area contributed by atoms with Gasteiger partial charge >= 0.3 is 0 Å². The molecular weight excluding hydrogens is 184 g/mol. The Balaban J connectivity index is 2.41. The molecule has 0 bridgehead atoms. The smallest absolute Gasteiger partial charge is 0.222 e. The lowest BCUT2D eigenvalue weighted by atomic mass is 10.3. The second kappa shape index (κ2) is 4.97. The van der Waals surface area contributed by atoms with Crippen LogP contribution in [0.4, 0.5) is 0 Å². The minimum Gasteiger partial charge on any atom is -0.340 e. The van der Waals surface area contributed by atoms with Crippen molar-refractivity contribution in [3.8, 4) is 0 Å². The maximum absolute atomic E-state index is 11.4. The zero-order valence-electron chi connectivity index (χ0n) is 7.99. The van der Waals surface area contributed by atoms with Crippen LogP contribution in [0.3, 0.4) is 0 Å². The fourth-order valence-corrected chi connectivity index (χ4v) is 1.60. The first kappa shape index (κ1) is 10.2. The fourth-order valence-electron chi connectivity index (χ4n) is 1.05. The van der Waals surface area contributed by atoms with Crippen LogP contribution in [0.1, 0.15) is 25.5 Å². The lowest BCUT2D eigenvalue weighted by Crippen LogP contribution is -2.25. The second-order valence-electron chi connectivity index (χ2n) is 2.98. The van der Waals surface area contributed by atoms with Gasteiger partial charge in [0.2, 0.25) is 5.91 Å². The third kappa shape index (κ3) is 3.14. The van der Waals surface area contributed by atoms with Gasteiger partial charge < -0.3 is 4.90 Å². The summed E-state index contributed by atoms with van der Waals surface area (Å²) in [5.74, 6) is 0.190. The van der Waals surface area contributed by atoms with Crippen molar-refractivity contribution in [3.05, 3.63) is 16.6 Å². The van der Waals surface area contributed by atoms with Crippen molar-refractivity contribution in [3.63, 3.8) is 0 Å². The summed E-state index contributed by atoms with van der Waals surface area (Å²) < 4.78 is 0. The van der Waals surface area contributed by atoms with E-state index in [-0.39, 0.29) is 5.91 Å². The quantitative estimate of drug-likeness (QED) is 0.740. The van der Waals surface area contributed by atoms with Crippen LogP contribution >= 0.6 is 11.3 Å². The van der Waals surface area contributed by atoms with Crippen molar-refractivity contribution < 1.29 is 4.79 Å². The summed E-state index contributed by atoms with van der Waals surface area (Å²) in [7, 11) is 1.82. The number of carbonyl (C=O) groups excluding carboxylic acids is 1. The maximum Gasteiger partial charge on any atom is 0.222 e. The van der Waals surface area contributed by atoms with E-state index in [1.807, 2.05) is 19.4 Å². The Morgan fingerprint density at radius 2 is 2.46 bits per heavy atom. The minimum atomic E-state index is 0.190. The Kier molecular flexibility index (Phi) is 3.89. The van der Waals surface area contributed by atoms with E-state index >= 15 is 0 Å². The summed E-state index contributed by atoms with van der Waals surface area (Å²) in [5, 5.41) is 1.97. The highest BCUT2D eigenvalue weighted by molar-refractivity contribution is 7.07. The largest absolute Gasteiger partial charge is 0.340 e. The monoisotopic (exact) mass is 198 g/mol. The summed E-state index contributed by atoms with van der Waals surface area (Å²) in [6, 6.07) is 0. The molecule has 0 radical (unpaired) electrons. The molecule has 1 amide bonds. The molecule has 0 saturated heterocycles. The zero-order chi connectivity index (χ0) is 9.68. The Hall–Kier alpha value is -0.900. The molecule has 72 valence electrons. The van der Waals surface area contributed by atoms with E-state index < -0.39 is 0 Å². The number of hydrogen-bond acceptors (Lipinski definition) is 3. The standard InChI is InChI=1S/C9H14N2OS/c1-3-4-9(12)11(2)5-8-6-13-7-10-8/h6-7H,3-5H2,1-2H3. The Morgan fingerprint density at radius 3 is 3.00 bits per heavy atom. The Labute approximate surface area is 82.4 Å². The lowest BCUT2D eigenvalue weighted by Gasteiger charge is -2.14. The molecule has 4 heteroatoms. The van der Waals surface area contributed by atoms with E-state index in [1.165, 1.54) is 0 Å². The predicted octanol–water partition coefficient (Wildman–Crippen LogP) is 1.90. The van der Waals surface area contributed by atoms with Crippen molar-refractivity contribution in [2.24, 2.45) is 0 Å². The molecule has 13 heavy (non-hydrogen) atoms. The number of thiazole rings is 1. The summed E-state index contributed by atoms with van der Waals surface area (Å²) >= 11 is 1.56. The Bertz CT molecular complexity index is 259. The number of aromatic nitrogens is 1. The topological polar surface area (TPSA) is 33.2 Å². The summed E-state index contributed by atoms with van der Waals surface area (Å²) in [6.45, 7) is 2.64. The van der Waals surface area contributed by atoms with Crippen LogP contribution in [0.15, 0.2) is 10.9 Å². The number of amides is 1. The molecule has 1 rings (SSSR count). The van der Waals surface area contributed by atoms with Crippen LogP contribution in [0, 0.1) is 0 Å². The first-order valence-corrected chi connectivity index (χ1v) is 5.29. The predicted molar refractivity (Wildman–Crippen MR) is 53.5 cm³/mol. The van der Waals surface area contributed by atoms with E-state index in [2.05, 4.69) is 4.98 Å². The average Bonchev–Trinajstić information content (AvgIpc) is 2.57. The molecule has 1 heterocycles. The van der Waals surface area contributed by atoms with Crippen molar-refractivity contribution in [2.75, 3.05) is 7.05 Å². The highest BCUT2D eigenvalue weighted by Crippen LogP contribution is 2.05. The summed E-state index contributed by atoms with van der Waals surface area (Å²) in [4.78, 5) is 17.2. The normalized spacial score (nSPS) is 10.0. The molecule has 3 nitrogen and oxygen atoms in total.